The fraction of sp³-hybridized carbons (Fsp3) is 0.889. The topological polar surface area (TPSA) is 29.1 Å². The molecule has 0 aliphatic heterocycles. The number of nitrogens with one attached hydrogen (secondary N) is 1. The molecular formula is C9H18ClNO. The zero-order valence-corrected chi connectivity index (χ0v) is 8.87. The van der Waals surface area contributed by atoms with Gasteiger partial charge in [0.2, 0.25) is 5.91 Å². The zero-order valence-electron chi connectivity index (χ0n) is 8.11. The molecule has 0 aromatic rings. The second kappa shape index (κ2) is 5.41. The Balaban J connectivity index is 4.19. The average Bonchev–Trinajstić information content (AvgIpc) is 2.14. The van der Waals surface area contributed by atoms with Crippen LogP contribution in [-0.4, -0.2) is 17.3 Å². The SMILES string of the molecule is CCC(=O)NC(CC)(CC)CCl. The normalized spacial score (nSPS) is 11.3. The van der Waals surface area contributed by atoms with Gasteiger partial charge >= 0.3 is 0 Å². The Morgan fingerprint density at radius 3 is 2.08 bits per heavy atom. The van der Waals surface area contributed by atoms with Crippen molar-refractivity contribution in [1.82, 2.24) is 5.32 Å². The molecule has 1 amide bonds. The Hall–Kier alpha value is -0.240. The predicted molar refractivity (Wildman–Crippen MR) is 52.5 cm³/mol. The summed E-state index contributed by atoms with van der Waals surface area (Å²) in [5, 5.41) is 2.96. The van der Waals surface area contributed by atoms with Gasteiger partial charge in [-0.25, -0.2) is 0 Å². The van der Waals surface area contributed by atoms with E-state index >= 15 is 0 Å². The van der Waals surface area contributed by atoms with Crippen LogP contribution in [-0.2, 0) is 4.79 Å². The van der Waals surface area contributed by atoms with Crippen LogP contribution < -0.4 is 5.32 Å². The van der Waals surface area contributed by atoms with Gasteiger partial charge in [0.1, 0.15) is 0 Å². The summed E-state index contributed by atoms with van der Waals surface area (Å²) in [5.41, 5.74) is -0.186. The van der Waals surface area contributed by atoms with Crippen LogP contribution in [0.15, 0.2) is 0 Å². The summed E-state index contributed by atoms with van der Waals surface area (Å²) in [6.07, 6.45) is 2.30. The van der Waals surface area contributed by atoms with Crippen molar-refractivity contribution in [3.05, 3.63) is 0 Å². The second-order valence-corrected chi connectivity index (χ2v) is 3.29. The summed E-state index contributed by atoms with van der Waals surface area (Å²) >= 11 is 5.81. The Labute approximate surface area is 79.7 Å². The summed E-state index contributed by atoms with van der Waals surface area (Å²) in [6.45, 7) is 5.93. The molecule has 0 unspecified atom stereocenters. The van der Waals surface area contributed by atoms with E-state index in [1.54, 1.807) is 0 Å². The van der Waals surface area contributed by atoms with Gasteiger partial charge in [-0.3, -0.25) is 4.79 Å². The number of hydrogen-bond acceptors (Lipinski definition) is 1. The molecule has 0 aromatic heterocycles. The highest BCUT2D eigenvalue weighted by molar-refractivity contribution is 6.18. The first kappa shape index (κ1) is 11.8. The van der Waals surface area contributed by atoms with Gasteiger partial charge in [-0.05, 0) is 12.8 Å². The number of carbonyl (C=O) groups excluding carboxylic acids is 1. The molecule has 0 bridgehead atoms. The van der Waals surface area contributed by atoms with E-state index in [0.717, 1.165) is 12.8 Å². The molecule has 0 heterocycles. The maximum atomic E-state index is 11.1. The number of amides is 1. The van der Waals surface area contributed by atoms with Crippen molar-refractivity contribution in [2.24, 2.45) is 0 Å². The third kappa shape index (κ3) is 3.02. The smallest absolute Gasteiger partial charge is 0.220 e. The molecule has 0 atom stereocenters. The van der Waals surface area contributed by atoms with E-state index in [-0.39, 0.29) is 11.4 Å². The van der Waals surface area contributed by atoms with Gasteiger partial charge in [0, 0.05) is 12.3 Å². The van der Waals surface area contributed by atoms with Crippen molar-refractivity contribution in [3.8, 4) is 0 Å². The molecule has 1 N–H and O–H groups in total. The Bertz CT molecular complexity index is 135. The van der Waals surface area contributed by atoms with Crippen LogP contribution in [0.1, 0.15) is 40.0 Å². The lowest BCUT2D eigenvalue weighted by molar-refractivity contribution is -0.122. The minimum absolute atomic E-state index is 0.0827. The standard InChI is InChI=1S/C9H18ClNO/c1-4-8(12)11-9(5-2,6-3)7-10/h4-7H2,1-3H3,(H,11,12). The molecule has 0 saturated carbocycles. The van der Waals surface area contributed by atoms with Gasteiger partial charge in [-0.15, -0.1) is 11.6 Å². The molecule has 72 valence electrons. The summed E-state index contributed by atoms with van der Waals surface area (Å²) < 4.78 is 0. The highest BCUT2D eigenvalue weighted by atomic mass is 35.5. The summed E-state index contributed by atoms with van der Waals surface area (Å²) in [4.78, 5) is 11.1. The van der Waals surface area contributed by atoms with E-state index in [1.807, 2.05) is 20.8 Å². The molecule has 0 aliphatic rings. The molecule has 0 fully saturated rings. The third-order valence-electron chi connectivity index (χ3n) is 2.34. The molecular weight excluding hydrogens is 174 g/mol. The van der Waals surface area contributed by atoms with Crippen LogP contribution in [0.4, 0.5) is 0 Å². The van der Waals surface area contributed by atoms with Gasteiger partial charge in [-0.1, -0.05) is 20.8 Å². The summed E-state index contributed by atoms with van der Waals surface area (Å²) in [5.74, 6) is 0.575. The number of carbonyl (C=O) groups is 1. The van der Waals surface area contributed by atoms with E-state index in [0.29, 0.717) is 12.3 Å². The van der Waals surface area contributed by atoms with Gasteiger partial charge < -0.3 is 5.32 Å². The first-order valence-corrected chi connectivity index (χ1v) is 5.04. The molecule has 2 nitrogen and oxygen atoms in total. The van der Waals surface area contributed by atoms with Crippen molar-refractivity contribution < 1.29 is 4.79 Å². The van der Waals surface area contributed by atoms with E-state index in [1.165, 1.54) is 0 Å². The minimum Gasteiger partial charge on any atom is -0.349 e. The Morgan fingerprint density at radius 1 is 1.33 bits per heavy atom. The predicted octanol–water partition coefficient (Wildman–Crippen LogP) is 2.31. The quantitative estimate of drug-likeness (QED) is 0.664. The van der Waals surface area contributed by atoms with Crippen LogP contribution in [0.25, 0.3) is 0 Å². The fourth-order valence-electron chi connectivity index (χ4n) is 1.03. The maximum Gasteiger partial charge on any atom is 0.220 e. The van der Waals surface area contributed by atoms with E-state index in [4.69, 9.17) is 11.6 Å². The maximum absolute atomic E-state index is 11.1. The van der Waals surface area contributed by atoms with Crippen LogP contribution in [0.5, 0.6) is 0 Å². The largest absolute Gasteiger partial charge is 0.349 e. The van der Waals surface area contributed by atoms with E-state index in [2.05, 4.69) is 5.32 Å². The van der Waals surface area contributed by atoms with Crippen LogP contribution in [0.3, 0.4) is 0 Å². The van der Waals surface area contributed by atoms with Crippen molar-refractivity contribution in [3.63, 3.8) is 0 Å². The van der Waals surface area contributed by atoms with Crippen molar-refractivity contribution in [2.75, 3.05) is 5.88 Å². The van der Waals surface area contributed by atoms with Gasteiger partial charge in [-0.2, -0.15) is 0 Å². The Kier molecular flexibility index (Phi) is 5.31. The lowest BCUT2D eigenvalue weighted by Gasteiger charge is -2.30. The van der Waals surface area contributed by atoms with Crippen molar-refractivity contribution in [1.29, 1.82) is 0 Å². The number of alkyl halides is 1. The van der Waals surface area contributed by atoms with Crippen molar-refractivity contribution in [2.45, 2.75) is 45.6 Å². The molecule has 12 heavy (non-hydrogen) atoms. The van der Waals surface area contributed by atoms with E-state index < -0.39 is 0 Å². The molecule has 0 rings (SSSR count). The van der Waals surface area contributed by atoms with Gasteiger partial charge in [0.05, 0.1) is 5.54 Å². The number of rotatable bonds is 5. The van der Waals surface area contributed by atoms with Gasteiger partial charge in [0.25, 0.3) is 0 Å². The Morgan fingerprint density at radius 2 is 1.83 bits per heavy atom. The summed E-state index contributed by atoms with van der Waals surface area (Å²) in [7, 11) is 0. The van der Waals surface area contributed by atoms with E-state index in [9.17, 15) is 4.79 Å². The highest BCUT2D eigenvalue weighted by Crippen LogP contribution is 2.16. The molecule has 3 heteroatoms. The lowest BCUT2D eigenvalue weighted by Crippen LogP contribution is -2.48. The summed E-state index contributed by atoms with van der Waals surface area (Å²) in [6, 6.07) is 0. The first-order valence-electron chi connectivity index (χ1n) is 4.51. The fourth-order valence-corrected chi connectivity index (χ4v) is 1.48. The molecule has 0 aromatic carbocycles. The molecule has 0 aliphatic carbocycles. The van der Waals surface area contributed by atoms with Crippen LogP contribution >= 0.6 is 11.6 Å². The molecule has 0 saturated heterocycles. The first-order chi connectivity index (χ1) is 5.64. The third-order valence-corrected chi connectivity index (χ3v) is 2.85. The van der Waals surface area contributed by atoms with Crippen LogP contribution in [0.2, 0.25) is 0 Å². The van der Waals surface area contributed by atoms with Gasteiger partial charge in [0.15, 0.2) is 0 Å². The lowest BCUT2D eigenvalue weighted by atomic mass is 9.95. The molecule has 0 spiro atoms. The zero-order chi connectivity index (χ0) is 9.61. The number of hydrogen-bond donors (Lipinski definition) is 1. The number of halogens is 1. The minimum atomic E-state index is -0.186. The van der Waals surface area contributed by atoms with Crippen molar-refractivity contribution >= 4 is 17.5 Å². The highest BCUT2D eigenvalue weighted by Gasteiger charge is 2.25. The molecule has 0 radical (unpaired) electrons. The second-order valence-electron chi connectivity index (χ2n) is 3.02. The monoisotopic (exact) mass is 191 g/mol. The average molecular weight is 192 g/mol. The van der Waals surface area contributed by atoms with Crippen LogP contribution in [0, 0.1) is 0 Å².